The van der Waals surface area contributed by atoms with E-state index in [9.17, 15) is 24.6 Å². The van der Waals surface area contributed by atoms with Gasteiger partial charge in [-0.05, 0) is 30.3 Å². The molecule has 0 fully saturated rings. The number of nitrogens with zero attached hydrogens (tertiary/aromatic N) is 3. The molecule has 1 aromatic heterocycles. The maximum atomic E-state index is 13.3. The Morgan fingerprint density at radius 2 is 1.85 bits per heavy atom. The fraction of sp³-hybridized carbons (Fsp3) is 0. The largest absolute Gasteiger partial charge is 0.455 e. The number of hydrogen-bond acceptors (Lipinski definition) is 7. The highest BCUT2D eigenvalue weighted by Crippen LogP contribution is 2.29. The molecular formula is C17H11FN4O5. The molecule has 0 aliphatic heterocycles. The summed E-state index contributed by atoms with van der Waals surface area (Å²) in [6.07, 6.45) is 1.27. The van der Waals surface area contributed by atoms with Crippen LogP contribution in [0.1, 0.15) is 5.76 Å². The second-order valence-electron chi connectivity index (χ2n) is 5.30. The lowest BCUT2D eigenvalue weighted by Crippen LogP contribution is -1.98. The van der Waals surface area contributed by atoms with Crippen LogP contribution in [0.2, 0.25) is 0 Å². The third-order valence-corrected chi connectivity index (χ3v) is 3.50. The topological polar surface area (TPSA) is 124 Å². The van der Waals surface area contributed by atoms with Crippen LogP contribution < -0.4 is 5.43 Å². The van der Waals surface area contributed by atoms with Gasteiger partial charge in [-0.3, -0.25) is 25.7 Å². The molecule has 0 radical (unpaired) electrons. The van der Waals surface area contributed by atoms with Crippen LogP contribution >= 0.6 is 0 Å². The molecule has 0 atom stereocenters. The summed E-state index contributed by atoms with van der Waals surface area (Å²) in [5, 5.41) is 25.6. The van der Waals surface area contributed by atoms with Gasteiger partial charge in [-0.25, -0.2) is 4.39 Å². The number of hydrogen-bond donors (Lipinski definition) is 1. The fourth-order valence-electron chi connectivity index (χ4n) is 2.26. The Hall–Kier alpha value is -4.08. The van der Waals surface area contributed by atoms with Gasteiger partial charge in [0.25, 0.3) is 5.69 Å². The zero-order valence-electron chi connectivity index (χ0n) is 13.5. The zero-order valence-corrected chi connectivity index (χ0v) is 13.5. The summed E-state index contributed by atoms with van der Waals surface area (Å²) < 4.78 is 18.8. The lowest BCUT2D eigenvalue weighted by molar-refractivity contribution is -0.393. The van der Waals surface area contributed by atoms with Crippen LogP contribution in [0.15, 0.2) is 64.1 Å². The van der Waals surface area contributed by atoms with Crippen LogP contribution in [0, 0.1) is 26.0 Å². The minimum Gasteiger partial charge on any atom is -0.455 e. The van der Waals surface area contributed by atoms with E-state index in [1.54, 1.807) is 24.3 Å². The first-order valence-corrected chi connectivity index (χ1v) is 7.52. The summed E-state index contributed by atoms with van der Waals surface area (Å²) in [5.74, 6) is 0.356. The molecule has 3 rings (SSSR count). The standard InChI is InChI=1S/C17H11FN4O5/c18-12-3-1-2-11(8-12)17-7-5-14(27-17)10-19-20-15-6-4-13(21(23)24)9-16(15)22(25)26/h1-10,20H/b19-10-. The SMILES string of the molecule is O=[N+]([O-])c1ccc(N/N=C\c2ccc(-c3cccc(F)c3)o2)c([N+](=O)[O-])c1. The van der Waals surface area contributed by atoms with Gasteiger partial charge in [0.15, 0.2) is 0 Å². The van der Waals surface area contributed by atoms with Crippen molar-refractivity contribution in [2.75, 3.05) is 5.43 Å². The molecule has 10 heteroatoms. The van der Waals surface area contributed by atoms with E-state index in [4.69, 9.17) is 4.42 Å². The minimum atomic E-state index is -0.750. The number of halogens is 1. The van der Waals surface area contributed by atoms with Crippen LogP contribution in [-0.4, -0.2) is 16.1 Å². The Bertz CT molecular complexity index is 1050. The van der Waals surface area contributed by atoms with Crippen LogP contribution in [0.4, 0.5) is 21.5 Å². The Kier molecular flexibility index (Phi) is 4.88. The Morgan fingerprint density at radius 1 is 1.04 bits per heavy atom. The summed E-state index contributed by atoms with van der Waals surface area (Å²) in [7, 11) is 0. The highest BCUT2D eigenvalue weighted by molar-refractivity contribution is 5.78. The number of anilines is 1. The fourth-order valence-corrected chi connectivity index (χ4v) is 2.26. The molecule has 1 N–H and O–H groups in total. The second kappa shape index (κ2) is 7.44. The average Bonchev–Trinajstić information content (AvgIpc) is 3.10. The molecule has 0 spiro atoms. The summed E-state index contributed by atoms with van der Waals surface area (Å²) in [4.78, 5) is 20.3. The number of rotatable bonds is 6. The highest BCUT2D eigenvalue weighted by Gasteiger charge is 2.19. The molecular weight excluding hydrogens is 359 g/mol. The number of benzene rings is 2. The molecule has 0 bridgehead atoms. The molecule has 9 nitrogen and oxygen atoms in total. The lowest BCUT2D eigenvalue weighted by Gasteiger charge is -2.01. The Labute approximate surface area is 151 Å². The van der Waals surface area contributed by atoms with Gasteiger partial charge in [0.05, 0.1) is 22.1 Å². The van der Waals surface area contributed by atoms with Gasteiger partial charge in [0.2, 0.25) is 0 Å². The average molecular weight is 370 g/mol. The molecule has 1 heterocycles. The zero-order chi connectivity index (χ0) is 19.4. The first-order valence-electron chi connectivity index (χ1n) is 7.52. The normalized spacial score (nSPS) is 10.9. The van der Waals surface area contributed by atoms with Crippen molar-refractivity contribution >= 4 is 23.3 Å². The maximum absolute atomic E-state index is 13.3. The molecule has 0 saturated carbocycles. The monoisotopic (exact) mass is 370 g/mol. The molecule has 0 amide bonds. The third kappa shape index (κ3) is 4.12. The van der Waals surface area contributed by atoms with Crippen LogP contribution in [0.25, 0.3) is 11.3 Å². The summed E-state index contributed by atoms with van der Waals surface area (Å²) in [5.41, 5.74) is 2.10. The molecule has 0 aliphatic rings. The van der Waals surface area contributed by atoms with E-state index in [0.29, 0.717) is 17.1 Å². The molecule has 0 aliphatic carbocycles. The van der Waals surface area contributed by atoms with E-state index in [1.165, 1.54) is 24.4 Å². The van der Waals surface area contributed by atoms with Crippen molar-refractivity contribution in [2.45, 2.75) is 0 Å². The van der Waals surface area contributed by atoms with Gasteiger partial charge in [-0.1, -0.05) is 12.1 Å². The second-order valence-corrected chi connectivity index (χ2v) is 5.30. The van der Waals surface area contributed by atoms with Crippen molar-refractivity contribution in [2.24, 2.45) is 5.10 Å². The third-order valence-electron chi connectivity index (χ3n) is 3.50. The van der Waals surface area contributed by atoms with E-state index >= 15 is 0 Å². The van der Waals surface area contributed by atoms with Crippen molar-refractivity contribution in [3.05, 3.63) is 86.4 Å². The predicted molar refractivity (Wildman–Crippen MR) is 95.1 cm³/mol. The highest BCUT2D eigenvalue weighted by atomic mass is 19.1. The number of furan rings is 1. The number of non-ortho nitro benzene ring substituents is 1. The van der Waals surface area contributed by atoms with Crippen molar-refractivity contribution in [1.29, 1.82) is 0 Å². The molecule has 0 unspecified atom stereocenters. The smallest absolute Gasteiger partial charge is 0.301 e. The molecule has 2 aromatic carbocycles. The molecule has 27 heavy (non-hydrogen) atoms. The summed E-state index contributed by atoms with van der Waals surface area (Å²) in [6, 6.07) is 12.2. The van der Waals surface area contributed by atoms with Crippen molar-refractivity contribution in [3.8, 4) is 11.3 Å². The van der Waals surface area contributed by atoms with E-state index in [1.807, 2.05) is 0 Å². The minimum absolute atomic E-state index is 0.0150. The van der Waals surface area contributed by atoms with Crippen molar-refractivity contribution in [1.82, 2.24) is 0 Å². The van der Waals surface area contributed by atoms with Crippen molar-refractivity contribution < 1.29 is 18.7 Å². The first-order chi connectivity index (χ1) is 12.9. The van der Waals surface area contributed by atoms with Crippen LogP contribution in [-0.2, 0) is 0 Å². The van der Waals surface area contributed by atoms with Crippen LogP contribution in [0.5, 0.6) is 0 Å². The van der Waals surface area contributed by atoms with Gasteiger partial charge in [0, 0.05) is 11.6 Å². The van der Waals surface area contributed by atoms with Crippen LogP contribution in [0.3, 0.4) is 0 Å². The Morgan fingerprint density at radius 3 is 2.56 bits per heavy atom. The quantitative estimate of drug-likeness (QED) is 0.391. The number of hydrazone groups is 1. The van der Waals surface area contributed by atoms with Gasteiger partial charge < -0.3 is 4.42 Å². The number of nitro benzene ring substituents is 2. The van der Waals surface area contributed by atoms with Gasteiger partial charge in [0.1, 0.15) is 23.0 Å². The molecule has 136 valence electrons. The Balaban J connectivity index is 1.76. The van der Waals surface area contributed by atoms with Gasteiger partial charge in [-0.15, -0.1) is 0 Å². The first kappa shape index (κ1) is 17.7. The summed E-state index contributed by atoms with van der Waals surface area (Å²) in [6.45, 7) is 0. The van der Waals surface area contributed by atoms with E-state index in [-0.39, 0.29) is 5.69 Å². The maximum Gasteiger partial charge on any atom is 0.301 e. The van der Waals surface area contributed by atoms with Gasteiger partial charge >= 0.3 is 5.69 Å². The molecule has 0 saturated heterocycles. The molecule has 3 aromatic rings. The predicted octanol–water partition coefficient (Wildman–Crippen LogP) is 4.35. The number of nitro groups is 2. The van der Waals surface area contributed by atoms with E-state index in [0.717, 1.165) is 12.1 Å². The van der Waals surface area contributed by atoms with E-state index in [2.05, 4.69) is 10.5 Å². The lowest BCUT2D eigenvalue weighted by atomic mass is 10.2. The summed E-state index contributed by atoms with van der Waals surface area (Å²) >= 11 is 0. The number of nitrogens with one attached hydrogen (secondary N) is 1. The van der Waals surface area contributed by atoms with E-state index < -0.39 is 27.0 Å². The van der Waals surface area contributed by atoms with Gasteiger partial charge in [-0.2, -0.15) is 5.10 Å². The van der Waals surface area contributed by atoms with Crippen molar-refractivity contribution in [3.63, 3.8) is 0 Å².